The number of benzene rings is 5. The lowest BCUT2D eigenvalue weighted by Gasteiger charge is -2.43. The Labute approximate surface area is 330 Å². The van der Waals surface area contributed by atoms with E-state index in [0.717, 1.165) is 57.3 Å². The lowest BCUT2D eigenvalue weighted by Crippen LogP contribution is -2.52. The topological polar surface area (TPSA) is 42.6 Å². The molecule has 0 saturated heterocycles. The third-order valence-corrected chi connectivity index (χ3v) is 13.7. The van der Waals surface area contributed by atoms with Crippen molar-refractivity contribution < 1.29 is 4.74 Å². The van der Waals surface area contributed by atoms with Crippen LogP contribution >= 0.6 is 0 Å². The van der Waals surface area contributed by atoms with Crippen molar-refractivity contribution in [1.29, 1.82) is 0 Å². The van der Waals surface area contributed by atoms with Crippen LogP contribution in [0.25, 0.3) is 27.6 Å². The Bertz CT molecular complexity index is 2890. The summed E-state index contributed by atoms with van der Waals surface area (Å²) in [4.78, 5) is 13.4. The molecular formula is C51H50N4O. The first-order valence-electron chi connectivity index (χ1n) is 20.0. The molecule has 0 saturated carbocycles. The Morgan fingerprint density at radius 3 is 2.11 bits per heavy atom. The molecule has 0 unspecified atom stereocenters. The van der Waals surface area contributed by atoms with Gasteiger partial charge in [0, 0.05) is 46.1 Å². The number of rotatable bonds is 4. The minimum atomic E-state index is -0.379. The van der Waals surface area contributed by atoms with Crippen molar-refractivity contribution in [3.63, 3.8) is 0 Å². The van der Waals surface area contributed by atoms with Crippen LogP contribution in [0.2, 0.25) is 0 Å². The fraction of sp³-hybridized carbons (Fsp3) is 0.294. The normalized spacial score (nSPS) is 20.3. The molecular weight excluding hydrogens is 685 g/mol. The molecule has 5 nitrogen and oxygen atoms in total. The van der Waals surface area contributed by atoms with Crippen LogP contribution < -0.4 is 9.64 Å². The van der Waals surface area contributed by atoms with Gasteiger partial charge in [0.05, 0.1) is 22.3 Å². The van der Waals surface area contributed by atoms with Crippen LogP contribution in [0.3, 0.4) is 0 Å². The number of nitrogens with zero attached hydrogens (tertiary/aromatic N) is 4. The van der Waals surface area contributed by atoms with E-state index in [9.17, 15) is 0 Å². The highest BCUT2D eigenvalue weighted by atomic mass is 16.5. The van der Waals surface area contributed by atoms with Gasteiger partial charge in [0.2, 0.25) is 0 Å². The molecule has 2 aromatic heterocycles. The van der Waals surface area contributed by atoms with Crippen molar-refractivity contribution in [2.75, 3.05) is 4.90 Å². The molecule has 4 heterocycles. The predicted octanol–water partition coefficient (Wildman–Crippen LogP) is 12.3. The summed E-state index contributed by atoms with van der Waals surface area (Å²) in [6, 6.07) is 31.6. The van der Waals surface area contributed by atoms with Crippen LogP contribution in [0, 0.1) is 48.5 Å². The number of aryl methyl sites for hydroxylation is 7. The molecule has 3 aliphatic rings. The second-order valence-electron chi connectivity index (χ2n) is 17.9. The average Bonchev–Trinajstić information content (AvgIpc) is 3.67. The smallest absolute Gasteiger partial charge is 0.145 e. The van der Waals surface area contributed by atoms with Crippen LogP contribution in [0.1, 0.15) is 94.5 Å². The number of para-hydroxylation sites is 1. The van der Waals surface area contributed by atoms with Gasteiger partial charge in [0.25, 0.3) is 0 Å². The molecule has 0 fully saturated rings. The van der Waals surface area contributed by atoms with Crippen LogP contribution in [-0.2, 0) is 17.4 Å². The maximum absolute atomic E-state index is 7.08. The van der Waals surface area contributed by atoms with E-state index in [4.69, 9.17) is 14.7 Å². The van der Waals surface area contributed by atoms with Gasteiger partial charge in [0.15, 0.2) is 0 Å². The van der Waals surface area contributed by atoms with E-state index < -0.39 is 0 Å². The zero-order chi connectivity index (χ0) is 39.2. The van der Waals surface area contributed by atoms with Crippen molar-refractivity contribution >= 4 is 33.5 Å². The molecule has 280 valence electrons. The Morgan fingerprint density at radius 1 is 0.625 bits per heavy atom. The molecule has 5 aromatic carbocycles. The molecule has 5 heteroatoms. The Morgan fingerprint density at radius 2 is 1.34 bits per heavy atom. The van der Waals surface area contributed by atoms with Gasteiger partial charge in [-0.25, -0.2) is 4.98 Å². The Kier molecular flexibility index (Phi) is 7.11. The van der Waals surface area contributed by atoms with E-state index in [1.165, 1.54) is 66.5 Å². The maximum Gasteiger partial charge on any atom is 0.145 e. The molecule has 0 radical (unpaired) electrons. The van der Waals surface area contributed by atoms with Crippen LogP contribution in [0.5, 0.6) is 11.5 Å². The maximum atomic E-state index is 7.08. The van der Waals surface area contributed by atoms with Crippen molar-refractivity contribution in [3.8, 4) is 17.2 Å². The average molecular weight is 735 g/mol. The van der Waals surface area contributed by atoms with E-state index in [0.29, 0.717) is 0 Å². The first-order valence-corrected chi connectivity index (χ1v) is 20.0. The van der Waals surface area contributed by atoms with Gasteiger partial charge in [-0.05, 0) is 136 Å². The first-order chi connectivity index (χ1) is 26.6. The summed E-state index contributed by atoms with van der Waals surface area (Å²) >= 11 is 0. The number of hydrogen-bond donors (Lipinski definition) is 0. The molecule has 0 spiro atoms. The third kappa shape index (κ3) is 4.48. The summed E-state index contributed by atoms with van der Waals surface area (Å²) < 4.78 is 9.45. The van der Waals surface area contributed by atoms with Gasteiger partial charge in [-0.1, -0.05) is 80.1 Å². The van der Waals surface area contributed by atoms with Gasteiger partial charge in [-0.15, -0.1) is 0 Å². The van der Waals surface area contributed by atoms with Gasteiger partial charge in [0.1, 0.15) is 23.0 Å². The van der Waals surface area contributed by atoms with Crippen molar-refractivity contribution in [1.82, 2.24) is 9.55 Å². The van der Waals surface area contributed by atoms with Crippen molar-refractivity contribution in [3.05, 3.63) is 158 Å². The predicted molar refractivity (Wildman–Crippen MR) is 232 cm³/mol. The number of fused-ring (bicyclic) bond motifs is 8. The zero-order valence-corrected chi connectivity index (χ0v) is 34.6. The second kappa shape index (κ2) is 11.4. The SMILES string of the molecule is Cc1cc(C)c(N2C(c3ccc(C)c(Oc4cc5c(cc4C)C(C)(C)c4cccc6c7cc(C)cnc7n-5c46)c3)=N[C@]3(C)Cc4c(C)cccc4[C@]23C)c(C)c1. The molecule has 7 aromatic rings. The Hall–Kier alpha value is -5.68. The summed E-state index contributed by atoms with van der Waals surface area (Å²) in [6.45, 7) is 24.8. The summed E-state index contributed by atoms with van der Waals surface area (Å²) in [7, 11) is 0. The lowest BCUT2D eigenvalue weighted by molar-refractivity contribution is 0.321. The summed E-state index contributed by atoms with van der Waals surface area (Å²) in [6.07, 6.45) is 2.88. The fourth-order valence-corrected chi connectivity index (χ4v) is 10.6. The number of amidine groups is 1. The summed E-state index contributed by atoms with van der Waals surface area (Å²) in [5, 5.41) is 2.42. The van der Waals surface area contributed by atoms with E-state index in [1.807, 2.05) is 6.20 Å². The van der Waals surface area contributed by atoms with Crippen molar-refractivity contribution in [2.45, 2.75) is 99.1 Å². The minimum absolute atomic E-state index is 0.203. The van der Waals surface area contributed by atoms with E-state index in [2.05, 4.69) is 171 Å². The molecule has 56 heavy (non-hydrogen) atoms. The van der Waals surface area contributed by atoms with E-state index in [-0.39, 0.29) is 16.5 Å². The molecule has 0 amide bonds. The molecule has 10 rings (SSSR count). The Balaban J connectivity index is 1.13. The van der Waals surface area contributed by atoms with Crippen LogP contribution in [0.15, 0.2) is 96.1 Å². The number of aromatic nitrogens is 2. The summed E-state index contributed by atoms with van der Waals surface area (Å²) in [5.74, 6) is 2.67. The highest BCUT2D eigenvalue weighted by Crippen LogP contribution is 2.57. The highest BCUT2D eigenvalue weighted by molar-refractivity contribution is 6.14. The molecule has 0 bridgehead atoms. The van der Waals surface area contributed by atoms with Gasteiger partial charge < -0.3 is 9.64 Å². The van der Waals surface area contributed by atoms with E-state index in [1.54, 1.807) is 0 Å². The molecule has 2 aliphatic heterocycles. The monoisotopic (exact) mass is 734 g/mol. The number of ether oxygens (including phenoxy) is 1. The number of anilines is 1. The van der Waals surface area contributed by atoms with Gasteiger partial charge >= 0.3 is 0 Å². The standard InChI is InChI=1S/C51H50N4O/c1-28-20-33(6)45(34(7)21-28)55-47(53-50(10)26-38-30(3)14-12-16-39(38)51(50,55)11)35-19-18-31(4)43(24-35)56-44-25-42-41(23-32(44)5)49(8,9)40-17-13-15-36-37-22-29(2)27-52-48(37)54(42)46(36)40/h12-25,27H,26H2,1-11H3/t50-,51+/m1/s1. The number of aliphatic imine (C=N–C) groups is 1. The largest absolute Gasteiger partial charge is 0.457 e. The summed E-state index contributed by atoms with van der Waals surface area (Å²) in [5.41, 5.74) is 18.5. The quantitative estimate of drug-likeness (QED) is 0.181. The molecule has 1 aliphatic carbocycles. The second-order valence-corrected chi connectivity index (χ2v) is 17.9. The molecule has 2 atom stereocenters. The third-order valence-electron chi connectivity index (χ3n) is 13.7. The zero-order valence-electron chi connectivity index (χ0n) is 34.6. The molecule has 0 N–H and O–H groups in total. The highest BCUT2D eigenvalue weighted by Gasteiger charge is 2.61. The van der Waals surface area contributed by atoms with Crippen LogP contribution in [0.4, 0.5) is 5.69 Å². The number of hydrogen-bond acceptors (Lipinski definition) is 4. The van der Waals surface area contributed by atoms with Gasteiger partial charge in [-0.3, -0.25) is 9.56 Å². The first kappa shape index (κ1) is 34.8. The minimum Gasteiger partial charge on any atom is -0.457 e. The lowest BCUT2D eigenvalue weighted by atomic mass is 9.74. The van der Waals surface area contributed by atoms with Crippen LogP contribution in [-0.4, -0.2) is 20.9 Å². The van der Waals surface area contributed by atoms with E-state index >= 15 is 0 Å². The fourth-order valence-electron chi connectivity index (χ4n) is 10.6. The number of pyridine rings is 1. The van der Waals surface area contributed by atoms with Crippen molar-refractivity contribution in [2.24, 2.45) is 4.99 Å². The van der Waals surface area contributed by atoms with Gasteiger partial charge in [-0.2, -0.15) is 0 Å².